The molecule has 29 heavy (non-hydrogen) atoms. The summed E-state index contributed by atoms with van der Waals surface area (Å²) in [4.78, 5) is 39.2. The Kier molecular flexibility index (Phi) is 8.35. The number of amides is 1. The van der Waals surface area contributed by atoms with Gasteiger partial charge in [-0.05, 0) is 33.4 Å². The van der Waals surface area contributed by atoms with Gasteiger partial charge in [0.2, 0.25) is 5.91 Å². The first-order valence-corrected chi connectivity index (χ1v) is 10.2. The lowest BCUT2D eigenvalue weighted by Crippen LogP contribution is -2.34. The highest BCUT2D eigenvalue weighted by molar-refractivity contribution is 7.17. The number of benzene rings is 1. The van der Waals surface area contributed by atoms with E-state index < -0.39 is 11.9 Å². The zero-order chi connectivity index (χ0) is 21.4. The predicted molar refractivity (Wildman–Crippen MR) is 113 cm³/mol. The Balaban J connectivity index is 2.25. The van der Waals surface area contributed by atoms with Gasteiger partial charge in [-0.25, -0.2) is 4.79 Å². The Hall–Kier alpha value is -2.71. The Labute approximate surface area is 174 Å². The van der Waals surface area contributed by atoms with E-state index in [1.165, 1.54) is 11.3 Å². The number of nitrogens with zero attached hydrogens (tertiary/aromatic N) is 1. The maximum absolute atomic E-state index is 12.7. The largest absolute Gasteiger partial charge is 0.465 e. The zero-order valence-corrected chi connectivity index (χ0v) is 17.9. The molecule has 0 atom stereocenters. The number of esters is 2. The standard InChI is InChI=1S/C21H26N2O5S/c1-5-27-17(25)13-23(4)12-16(24)22-20-19(21(26)28-6-2)18(14(3)29-20)15-10-8-7-9-11-15/h7-11H,5-6,12-13H2,1-4H3,(H,22,24). The van der Waals surface area contributed by atoms with Gasteiger partial charge in [0.1, 0.15) is 10.6 Å². The molecule has 1 aromatic carbocycles. The fourth-order valence-electron chi connectivity index (χ4n) is 2.88. The molecule has 1 N–H and O–H groups in total. The van der Waals surface area contributed by atoms with Crippen molar-refractivity contribution in [1.29, 1.82) is 0 Å². The SMILES string of the molecule is CCOC(=O)CN(C)CC(=O)Nc1sc(C)c(-c2ccccc2)c1C(=O)OCC. The van der Waals surface area contributed by atoms with E-state index in [1.54, 1.807) is 25.8 Å². The van der Waals surface area contributed by atoms with Crippen molar-refractivity contribution < 1.29 is 23.9 Å². The average molecular weight is 419 g/mol. The van der Waals surface area contributed by atoms with Crippen LogP contribution in [-0.4, -0.2) is 56.1 Å². The van der Waals surface area contributed by atoms with E-state index >= 15 is 0 Å². The normalized spacial score (nSPS) is 10.7. The zero-order valence-electron chi connectivity index (χ0n) is 17.1. The maximum atomic E-state index is 12.7. The number of hydrogen-bond donors (Lipinski definition) is 1. The number of ether oxygens (including phenoxy) is 2. The van der Waals surface area contributed by atoms with Crippen molar-refractivity contribution in [3.8, 4) is 11.1 Å². The lowest BCUT2D eigenvalue weighted by atomic mass is 10.0. The minimum Gasteiger partial charge on any atom is -0.465 e. The molecule has 0 fully saturated rings. The van der Waals surface area contributed by atoms with E-state index in [2.05, 4.69) is 5.32 Å². The van der Waals surface area contributed by atoms with Crippen LogP contribution in [0.1, 0.15) is 29.1 Å². The van der Waals surface area contributed by atoms with Crippen LogP contribution in [0.4, 0.5) is 5.00 Å². The number of rotatable bonds is 9. The third kappa shape index (κ3) is 6.13. The van der Waals surface area contributed by atoms with Gasteiger partial charge in [0.15, 0.2) is 0 Å². The monoisotopic (exact) mass is 418 g/mol. The smallest absolute Gasteiger partial charge is 0.341 e. The predicted octanol–water partition coefficient (Wildman–Crippen LogP) is 3.33. The van der Waals surface area contributed by atoms with Crippen LogP contribution < -0.4 is 5.32 Å². The molecule has 156 valence electrons. The molecular formula is C21H26N2O5S. The second-order valence-corrected chi connectivity index (χ2v) is 7.57. The molecule has 0 bridgehead atoms. The Morgan fingerprint density at radius 2 is 1.69 bits per heavy atom. The highest BCUT2D eigenvalue weighted by Crippen LogP contribution is 2.40. The molecule has 0 aliphatic heterocycles. The van der Waals surface area contributed by atoms with Crippen LogP contribution >= 0.6 is 11.3 Å². The highest BCUT2D eigenvalue weighted by Gasteiger charge is 2.25. The summed E-state index contributed by atoms with van der Waals surface area (Å²) in [6, 6.07) is 9.51. The van der Waals surface area contributed by atoms with Crippen molar-refractivity contribution >= 4 is 34.2 Å². The number of likely N-dealkylation sites (N-methyl/N-ethyl adjacent to an activating group) is 1. The van der Waals surface area contributed by atoms with E-state index in [9.17, 15) is 14.4 Å². The molecule has 0 aliphatic rings. The van der Waals surface area contributed by atoms with Gasteiger partial charge in [-0.3, -0.25) is 14.5 Å². The van der Waals surface area contributed by atoms with E-state index in [0.717, 1.165) is 16.0 Å². The number of anilines is 1. The molecule has 0 spiro atoms. The van der Waals surface area contributed by atoms with Crippen LogP contribution in [0.15, 0.2) is 30.3 Å². The molecule has 8 heteroatoms. The fraction of sp³-hybridized carbons (Fsp3) is 0.381. The summed E-state index contributed by atoms with van der Waals surface area (Å²) in [6.45, 7) is 5.88. The van der Waals surface area contributed by atoms with Crippen LogP contribution in [0.3, 0.4) is 0 Å². The number of thiophene rings is 1. The topological polar surface area (TPSA) is 84.9 Å². The Morgan fingerprint density at radius 3 is 2.31 bits per heavy atom. The number of carbonyl (C=O) groups excluding carboxylic acids is 3. The van der Waals surface area contributed by atoms with Crippen molar-refractivity contribution in [2.75, 3.05) is 38.7 Å². The van der Waals surface area contributed by atoms with Crippen molar-refractivity contribution in [1.82, 2.24) is 4.90 Å². The van der Waals surface area contributed by atoms with E-state index in [1.807, 2.05) is 37.3 Å². The molecule has 0 unspecified atom stereocenters. The van der Waals surface area contributed by atoms with Crippen LogP contribution in [0, 0.1) is 6.92 Å². The second kappa shape index (κ2) is 10.7. The lowest BCUT2D eigenvalue weighted by Gasteiger charge is -2.15. The Bertz CT molecular complexity index is 863. The summed E-state index contributed by atoms with van der Waals surface area (Å²) >= 11 is 1.32. The fourth-order valence-corrected chi connectivity index (χ4v) is 3.96. The molecule has 2 aromatic rings. The molecule has 2 rings (SSSR count). The molecule has 0 radical (unpaired) electrons. The summed E-state index contributed by atoms with van der Waals surface area (Å²) in [7, 11) is 1.65. The molecule has 7 nitrogen and oxygen atoms in total. The molecule has 0 aliphatic carbocycles. The molecule has 0 saturated heterocycles. The first-order valence-electron chi connectivity index (χ1n) is 9.37. The van der Waals surface area contributed by atoms with E-state index in [-0.39, 0.29) is 25.6 Å². The maximum Gasteiger partial charge on any atom is 0.341 e. The number of hydrogen-bond acceptors (Lipinski definition) is 7. The van der Waals surface area contributed by atoms with Crippen molar-refractivity contribution in [2.45, 2.75) is 20.8 Å². The third-order valence-corrected chi connectivity index (χ3v) is 5.02. The summed E-state index contributed by atoms with van der Waals surface area (Å²) in [5.41, 5.74) is 1.98. The summed E-state index contributed by atoms with van der Waals surface area (Å²) < 4.78 is 10.1. The van der Waals surface area contributed by atoms with Crippen LogP contribution in [0.2, 0.25) is 0 Å². The van der Waals surface area contributed by atoms with Gasteiger partial charge in [0, 0.05) is 10.4 Å². The van der Waals surface area contributed by atoms with Crippen molar-refractivity contribution in [3.63, 3.8) is 0 Å². The highest BCUT2D eigenvalue weighted by atomic mass is 32.1. The van der Waals surface area contributed by atoms with E-state index in [4.69, 9.17) is 9.47 Å². The van der Waals surface area contributed by atoms with Gasteiger partial charge in [-0.15, -0.1) is 11.3 Å². The number of nitrogens with one attached hydrogen (secondary N) is 1. The second-order valence-electron chi connectivity index (χ2n) is 6.35. The summed E-state index contributed by atoms with van der Waals surface area (Å²) in [5.74, 6) is -1.21. The first-order chi connectivity index (χ1) is 13.9. The van der Waals surface area contributed by atoms with Gasteiger partial charge >= 0.3 is 11.9 Å². The van der Waals surface area contributed by atoms with Crippen molar-refractivity contribution in [2.24, 2.45) is 0 Å². The van der Waals surface area contributed by atoms with Crippen LogP contribution in [0.5, 0.6) is 0 Å². The molecule has 0 saturated carbocycles. The van der Waals surface area contributed by atoms with Crippen LogP contribution in [-0.2, 0) is 19.1 Å². The number of carbonyl (C=O) groups is 3. The molecule has 1 amide bonds. The van der Waals surface area contributed by atoms with Crippen molar-refractivity contribution in [3.05, 3.63) is 40.8 Å². The third-order valence-electron chi connectivity index (χ3n) is 4.00. The minimum atomic E-state index is -0.481. The number of aryl methyl sites for hydroxylation is 1. The quantitative estimate of drug-likeness (QED) is 0.629. The van der Waals surface area contributed by atoms with E-state index in [0.29, 0.717) is 17.2 Å². The van der Waals surface area contributed by atoms with Gasteiger partial charge in [0.25, 0.3) is 0 Å². The van der Waals surface area contributed by atoms with Crippen LogP contribution in [0.25, 0.3) is 11.1 Å². The molecular weight excluding hydrogens is 392 g/mol. The summed E-state index contributed by atoms with van der Waals surface area (Å²) in [5, 5.41) is 3.24. The first kappa shape index (κ1) is 22.6. The van der Waals surface area contributed by atoms with Gasteiger partial charge in [-0.1, -0.05) is 30.3 Å². The van der Waals surface area contributed by atoms with Gasteiger partial charge in [0.05, 0.1) is 26.3 Å². The Morgan fingerprint density at radius 1 is 1.03 bits per heavy atom. The molecule has 1 heterocycles. The lowest BCUT2D eigenvalue weighted by molar-refractivity contribution is -0.144. The minimum absolute atomic E-state index is 0.00469. The van der Waals surface area contributed by atoms with Gasteiger partial charge < -0.3 is 14.8 Å². The molecule has 1 aromatic heterocycles. The summed E-state index contributed by atoms with van der Waals surface area (Å²) in [6.07, 6.45) is 0. The van der Waals surface area contributed by atoms with Gasteiger partial charge in [-0.2, -0.15) is 0 Å². The average Bonchev–Trinajstić information content (AvgIpc) is 2.98.